The summed E-state index contributed by atoms with van der Waals surface area (Å²) >= 11 is 0. The third-order valence-corrected chi connectivity index (χ3v) is 3.78. The monoisotopic (exact) mass is 269 g/mol. The third-order valence-electron chi connectivity index (χ3n) is 3.78. The minimum Gasteiger partial charge on any atom is -0.478 e. The number of aromatic carboxylic acids is 1. The lowest BCUT2D eigenvalue weighted by atomic mass is 10.1. The van der Waals surface area contributed by atoms with Crippen molar-refractivity contribution in [2.24, 2.45) is 0 Å². The van der Waals surface area contributed by atoms with Gasteiger partial charge in [-0.1, -0.05) is 0 Å². The molecule has 0 aliphatic heterocycles. The van der Waals surface area contributed by atoms with Gasteiger partial charge in [0.1, 0.15) is 5.76 Å². The normalized spacial score (nSPS) is 11.1. The maximum absolute atomic E-state index is 11.1. The fraction of sp³-hybridized carbons (Fsp3) is 0.188. The first kappa shape index (κ1) is 12.5. The van der Waals surface area contributed by atoms with Gasteiger partial charge in [-0.3, -0.25) is 0 Å². The quantitative estimate of drug-likeness (QED) is 0.790. The number of aryl methyl sites for hydroxylation is 1. The average molecular weight is 269 g/mol. The molecular weight excluding hydrogens is 254 g/mol. The lowest BCUT2D eigenvalue weighted by Gasteiger charge is -2.06. The molecule has 0 amide bonds. The molecular formula is C16H15NO3. The van der Waals surface area contributed by atoms with Gasteiger partial charge in [-0.15, -0.1) is 0 Å². The molecule has 0 bridgehead atoms. The van der Waals surface area contributed by atoms with Crippen molar-refractivity contribution in [3.8, 4) is 0 Å². The van der Waals surface area contributed by atoms with Gasteiger partial charge in [0, 0.05) is 16.6 Å². The summed E-state index contributed by atoms with van der Waals surface area (Å²) < 4.78 is 7.55. The zero-order valence-corrected chi connectivity index (χ0v) is 11.4. The van der Waals surface area contributed by atoms with Crippen molar-refractivity contribution < 1.29 is 14.3 Å². The van der Waals surface area contributed by atoms with E-state index in [9.17, 15) is 4.79 Å². The van der Waals surface area contributed by atoms with Gasteiger partial charge in [-0.05, 0) is 49.7 Å². The summed E-state index contributed by atoms with van der Waals surface area (Å²) in [4.78, 5) is 11.1. The lowest BCUT2D eigenvalue weighted by Crippen LogP contribution is -2.01. The summed E-state index contributed by atoms with van der Waals surface area (Å²) in [6, 6.07) is 9.04. The molecule has 102 valence electrons. The number of hydrogen-bond acceptors (Lipinski definition) is 2. The highest BCUT2D eigenvalue weighted by Crippen LogP contribution is 2.27. The van der Waals surface area contributed by atoms with Gasteiger partial charge in [-0.25, -0.2) is 4.79 Å². The van der Waals surface area contributed by atoms with Crippen molar-refractivity contribution in [1.82, 2.24) is 4.57 Å². The fourth-order valence-electron chi connectivity index (χ4n) is 2.54. The molecule has 1 aromatic carbocycles. The van der Waals surface area contributed by atoms with E-state index < -0.39 is 5.97 Å². The van der Waals surface area contributed by atoms with Crippen LogP contribution in [0.4, 0.5) is 0 Å². The topological polar surface area (TPSA) is 55.4 Å². The molecule has 4 heteroatoms. The van der Waals surface area contributed by atoms with Crippen LogP contribution in [0.15, 0.2) is 41.0 Å². The van der Waals surface area contributed by atoms with Crippen LogP contribution in [0.25, 0.3) is 10.9 Å². The van der Waals surface area contributed by atoms with Crippen LogP contribution in [0.5, 0.6) is 0 Å². The number of rotatable bonds is 3. The van der Waals surface area contributed by atoms with Crippen LogP contribution in [-0.2, 0) is 6.54 Å². The van der Waals surface area contributed by atoms with Crippen molar-refractivity contribution in [3.05, 3.63) is 59.2 Å². The first-order valence-corrected chi connectivity index (χ1v) is 6.43. The van der Waals surface area contributed by atoms with E-state index in [4.69, 9.17) is 9.52 Å². The molecule has 3 rings (SSSR count). The Hall–Kier alpha value is -2.49. The van der Waals surface area contributed by atoms with Crippen LogP contribution in [0, 0.1) is 13.8 Å². The first-order chi connectivity index (χ1) is 9.58. The number of nitrogens with zero attached hydrogens (tertiary/aromatic N) is 1. The molecule has 0 aliphatic rings. The number of benzene rings is 1. The molecule has 0 saturated heterocycles. The van der Waals surface area contributed by atoms with Crippen LogP contribution in [0.1, 0.15) is 27.4 Å². The predicted molar refractivity (Wildman–Crippen MR) is 76.2 cm³/mol. The van der Waals surface area contributed by atoms with Crippen LogP contribution in [0.3, 0.4) is 0 Å². The minimum absolute atomic E-state index is 0.316. The van der Waals surface area contributed by atoms with E-state index in [2.05, 4.69) is 4.57 Å². The largest absolute Gasteiger partial charge is 0.478 e. The van der Waals surface area contributed by atoms with E-state index in [-0.39, 0.29) is 0 Å². The molecule has 0 aliphatic carbocycles. The fourth-order valence-corrected chi connectivity index (χ4v) is 2.54. The highest BCUT2D eigenvalue weighted by atomic mass is 16.4. The van der Waals surface area contributed by atoms with Crippen molar-refractivity contribution in [3.63, 3.8) is 0 Å². The van der Waals surface area contributed by atoms with Crippen molar-refractivity contribution in [2.45, 2.75) is 20.4 Å². The van der Waals surface area contributed by atoms with Gasteiger partial charge in [0.25, 0.3) is 0 Å². The summed E-state index contributed by atoms with van der Waals surface area (Å²) in [6.45, 7) is 4.70. The summed E-state index contributed by atoms with van der Waals surface area (Å²) in [5.74, 6) is -0.0185. The number of carboxylic acids is 1. The predicted octanol–water partition coefficient (Wildman–Crippen LogP) is 3.60. The van der Waals surface area contributed by atoms with Crippen molar-refractivity contribution >= 4 is 16.9 Å². The zero-order valence-electron chi connectivity index (χ0n) is 11.4. The zero-order chi connectivity index (χ0) is 14.3. The summed E-state index contributed by atoms with van der Waals surface area (Å²) in [6.07, 6.45) is 1.66. The lowest BCUT2D eigenvalue weighted by molar-refractivity contribution is 0.0697. The number of fused-ring (bicyclic) bond motifs is 1. The van der Waals surface area contributed by atoms with Crippen LogP contribution < -0.4 is 0 Å². The van der Waals surface area contributed by atoms with E-state index in [0.29, 0.717) is 12.1 Å². The van der Waals surface area contributed by atoms with Crippen LogP contribution in [0.2, 0.25) is 0 Å². The van der Waals surface area contributed by atoms with Crippen LogP contribution >= 0.6 is 0 Å². The Morgan fingerprint density at radius 3 is 2.75 bits per heavy atom. The molecule has 0 atom stereocenters. The van der Waals surface area contributed by atoms with Crippen molar-refractivity contribution in [1.29, 1.82) is 0 Å². The van der Waals surface area contributed by atoms with E-state index in [0.717, 1.165) is 27.9 Å². The second kappa shape index (κ2) is 4.56. The number of carbonyl (C=O) groups is 1. The molecule has 1 N–H and O–H groups in total. The van der Waals surface area contributed by atoms with Gasteiger partial charge in [0.15, 0.2) is 0 Å². The van der Waals surface area contributed by atoms with Gasteiger partial charge in [-0.2, -0.15) is 0 Å². The number of aromatic nitrogens is 1. The van der Waals surface area contributed by atoms with E-state index in [1.807, 2.05) is 32.0 Å². The smallest absolute Gasteiger partial charge is 0.335 e. The van der Waals surface area contributed by atoms with E-state index >= 15 is 0 Å². The maximum Gasteiger partial charge on any atom is 0.335 e. The number of carboxylic acid groups (broad SMARTS) is 1. The summed E-state index contributed by atoms with van der Waals surface area (Å²) in [7, 11) is 0. The van der Waals surface area contributed by atoms with Gasteiger partial charge in [0.05, 0.1) is 18.4 Å². The Balaban J connectivity index is 2.17. The van der Waals surface area contributed by atoms with Gasteiger partial charge < -0.3 is 14.1 Å². The first-order valence-electron chi connectivity index (χ1n) is 6.43. The standard InChI is InChI=1S/C16H15NO3/c1-10-11(2)17(9-13-4-3-7-20-13)15-6-5-12(16(18)19)8-14(10)15/h3-8H,9H2,1-2H3,(H,18,19). The Kier molecular flexibility index (Phi) is 2.86. The highest BCUT2D eigenvalue weighted by molar-refractivity contribution is 5.95. The summed E-state index contributed by atoms with van der Waals surface area (Å²) in [5, 5.41) is 10.1. The molecule has 0 fully saturated rings. The molecule has 2 heterocycles. The van der Waals surface area contributed by atoms with Gasteiger partial charge >= 0.3 is 5.97 Å². The molecule has 20 heavy (non-hydrogen) atoms. The maximum atomic E-state index is 11.1. The molecule has 0 spiro atoms. The number of hydrogen-bond donors (Lipinski definition) is 1. The molecule has 0 radical (unpaired) electrons. The SMILES string of the molecule is Cc1c(C)n(Cc2ccco2)c2ccc(C(=O)O)cc12. The van der Waals surface area contributed by atoms with Crippen molar-refractivity contribution in [2.75, 3.05) is 0 Å². The molecule has 0 saturated carbocycles. The summed E-state index contributed by atoms with van der Waals surface area (Å²) in [5.41, 5.74) is 3.57. The van der Waals surface area contributed by atoms with E-state index in [1.54, 1.807) is 18.4 Å². The third kappa shape index (κ3) is 1.90. The average Bonchev–Trinajstić information content (AvgIpc) is 3.02. The van der Waals surface area contributed by atoms with E-state index in [1.165, 1.54) is 0 Å². The minimum atomic E-state index is -0.900. The van der Waals surface area contributed by atoms with Gasteiger partial charge in [0.2, 0.25) is 0 Å². The number of furan rings is 1. The Bertz CT molecular complexity index is 782. The second-order valence-corrected chi connectivity index (χ2v) is 4.91. The molecule has 2 aromatic heterocycles. The Labute approximate surface area is 116 Å². The second-order valence-electron chi connectivity index (χ2n) is 4.91. The molecule has 3 aromatic rings. The Morgan fingerprint density at radius 1 is 1.30 bits per heavy atom. The Morgan fingerprint density at radius 2 is 2.10 bits per heavy atom. The molecule has 0 unspecified atom stereocenters. The van der Waals surface area contributed by atoms with Crippen LogP contribution in [-0.4, -0.2) is 15.6 Å². The molecule has 4 nitrogen and oxygen atoms in total. The highest BCUT2D eigenvalue weighted by Gasteiger charge is 2.14.